The zero-order valence-corrected chi connectivity index (χ0v) is 38.8. The van der Waals surface area contributed by atoms with E-state index in [1.807, 2.05) is 27.7 Å². The molecule has 0 heterocycles. The SMILES string of the molecule is CC(C)CN(CC(=O)N(CCO)CC(=O)N(CC(=O)N(CCO)CC(N)=O)CC(C)C)C(=O)CCSCC(=O)[C@@]1(O)[C@H](C)C[C@H]2[C@@H]3CCC4=CC(=O)C=C[C@]4(C)[C@@]3(F)[C@@H](O)C[C@@]21C. The van der Waals surface area contributed by atoms with Gasteiger partial charge < -0.3 is 45.8 Å². The molecule has 63 heavy (non-hydrogen) atoms. The molecule has 8 atom stereocenters. The molecule has 0 unspecified atom stereocenters. The molecule has 0 aromatic heterocycles. The van der Waals surface area contributed by atoms with Crippen molar-refractivity contribution in [3.63, 3.8) is 0 Å². The zero-order chi connectivity index (χ0) is 47.2. The lowest BCUT2D eigenvalue weighted by atomic mass is 9.44. The summed E-state index contributed by atoms with van der Waals surface area (Å²) < 4.78 is 17.6. The van der Waals surface area contributed by atoms with E-state index in [1.54, 1.807) is 26.8 Å². The Morgan fingerprint density at radius 2 is 1.38 bits per heavy atom. The fourth-order valence-corrected chi connectivity index (χ4v) is 11.8. The van der Waals surface area contributed by atoms with Crippen LogP contribution in [0.3, 0.4) is 0 Å². The highest BCUT2D eigenvalue weighted by molar-refractivity contribution is 7.99. The molecule has 5 amide bonds. The van der Waals surface area contributed by atoms with Crippen LogP contribution in [0, 0.1) is 40.4 Å². The third-order valence-electron chi connectivity index (χ3n) is 14.0. The van der Waals surface area contributed by atoms with Crippen molar-refractivity contribution in [2.75, 3.05) is 77.1 Å². The van der Waals surface area contributed by atoms with Gasteiger partial charge in [0.05, 0.1) is 51.2 Å². The maximum Gasteiger partial charge on any atom is 0.242 e. The van der Waals surface area contributed by atoms with Crippen LogP contribution < -0.4 is 5.73 Å². The number of amides is 5. The minimum Gasteiger partial charge on any atom is -0.395 e. The van der Waals surface area contributed by atoms with Crippen molar-refractivity contribution in [1.82, 2.24) is 19.6 Å². The van der Waals surface area contributed by atoms with E-state index in [-0.39, 0.29) is 74.1 Å². The number of hydrogen-bond donors (Lipinski definition) is 5. The Kier molecular flexibility index (Phi) is 17.4. The molecule has 354 valence electrons. The first kappa shape index (κ1) is 51.9. The van der Waals surface area contributed by atoms with Gasteiger partial charge in [0.1, 0.15) is 5.60 Å². The highest BCUT2D eigenvalue weighted by atomic mass is 32.2. The Morgan fingerprint density at radius 3 is 1.92 bits per heavy atom. The van der Waals surface area contributed by atoms with Crippen molar-refractivity contribution < 1.29 is 58.4 Å². The number of nitrogens with zero attached hydrogens (tertiary/aromatic N) is 4. The van der Waals surface area contributed by atoms with Crippen LogP contribution in [0.1, 0.15) is 80.6 Å². The number of hydrogen-bond acceptors (Lipinski definition) is 12. The van der Waals surface area contributed by atoms with Gasteiger partial charge in [0.2, 0.25) is 29.5 Å². The van der Waals surface area contributed by atoms with Gasteiger partial charge >= 0.3 is 0 Å². The van der Waals surface area contributed by atoms with Crippen molar-refractivity contribution >= 4 is 52.9 Å². The topological polar surface area (TPSA) is 239 Å². The van der Waals surface area contributed by atoms with Crippen LogP contribution in [0.25, 0.3) is 0 Å². The first-order valence-electron chi connectivity index (χ1n) is 22.2. The van der Waals surface area contributed by atoms with E-state index in [2.05, 4.69) is 0 Å². The largest absolute Gasteiger partial charge is 0.395 e. The maximum absolute atomic E-state index is 17.6. The van der Waals surface area contributed by atoms with Crippen molar-refractivity contribution in [2.45, 2.75) is 97.9 Å². The quantitative estimate of drug-likeness (QED) is 0.0962. The molecule has 4 aliphatic carbocycles. The number of allylic oxidation sites excluding steroid dienone is 4. The lowest BCUT2D eigenvalue weighted by Crippen LogP contribution is -2.69. The summed E-state index contributed by atoms with van der Waals surface area (Å²) in [5, 5.41) is 43.3. The molecule has 16 nitrogen and oxygen atoms in total. The van der Waals surface area contributed by atoms with Gasteiger partial charge in [-0.25, -0.2) is 4.39 Å². The number of ketones is 2. The van der Waals surface area contributed by atoms with E-state index in [9.17, 15) is 54.0 Å². The Hall–Kier alpha value is -3.71. The molecular formula is C45H70FN5O11S. The molecule has 0 bridgehead atoms. The van der Waals surface area contributed by atoms with Gasteiger partial charge in [0.25, 0.3) is 0 Å². The van der Waals surface area contributed by atoms with Crippen molar-refractivity contribution in [3.8, 4) is 0 Å². The number of aliphatic hydroxyl groups is 4. The van der Waals surface area contributed by atoms with E-state index < -0.39 is 115 Å². The molecule has 0 radical (unpaired) electrons. The summed E-state index contributed by atoms with van der Waals surface area (Å²) in [5.74, 6) is -5.40. The molecular weight excluding hydrogens is 838 g/mol. The van der Waals surface area contributed by atoms with E-state index in [1.165, 1.54) is 22.0 Å². The number of carbonyl (C=O) groups is 7. The highest BCUT2D eigenvalue weighted by Gasteiger charge is 2.75. The van der Waals surface area contributed by atoms with Gasteiger partial charge in [0, 0.05) is 55.1 Å². The minimum atomic E-state index is -2.10. The third-order valence-corrected chi connectivity index (χ3v) is 14.9. The van der Waals surface area contributed by atoms with Gasteiger partial charge in [-0.15, -0.1) is 0 Å². The molecule has 0 saturated heterocycles. The monoisotopic (exact) mass is 907 g/mol. The molecule has 18 heteroatoms. The van der Waals surface area contributed by atoms with Crippen LogP contribution in [0.15, 0.2) is 23.8 Å². The molecule has 6 N–H and O–H groups in total. The summed E-state index contributed by atoms with van der Waals surface area (Å²) in [4.78, 5) is 96.6. The predicted molar refractivity (Wildman–Crippen MR) is 234 cm³/mol. The van der Waals surface area contributed by atoms with Crippen molar-refractivity contribution in [2.24, 2.45) is 46.2 Å². The standard InChI is InChI=1S/C45H70FN5O11S/c1-28(2)21-50(25-40(60)49(14-16-53)24-41(61)51(22-29(3)4)26-39(59)48(13-15-52)23-37(47)57)38(58)11-17-63-27-36(56)45(62)30(5)18-34-33-9-8-31-19-32(54)10-12-42(31,6)44(33,46)35(55)20-43(34,45)7/h10,12,19,28-30,33-35,52-53,55,62H,8-9,11,13-18,20-27H2,1-7H3,(H2,47,57)/t30-,33+,34+,35+,42+,43+,44+,45+/m1/s1. The maximum atomic E-state index is 17.6. The van der Waals surface area contributed by atoms with Gasteiger partial charge in [-0.2, -0.15) is 11.8 Å². The minimum absolute atomic E-state index is 0.0506. The fourth-order valence-electron chi connectivity index (χ4n) is 10.9. The number of rotatable bonds is 22. The highest BCUT2D eigenvalue weighted by Crippen LogP contribution is 2.70. The molecule has 4 aliphatic rings. The normalized spacial score (nSPS) is 29.7. The van der Waals surface area contributed by atoms with E-state index in [0.717, 1.165) is 21.6 Å². The number of Topliss-reactive ketones (excluding diaryl/α,β-unsaturated/α-hetero) is 1. The average molecular weight is 908 g/mol. The smallest absolute Gasteiger partial charge is 0.242 e. The first-order valence-corrected chi connectivity index (χ1v) is 23.3. The predicted octanol–water partition coefficient (Wildman–Crippen LogP) is 1.12. The average Bonchev–Trinajstić information content (AvgIpc) is 3.39. The Balaban J connectivity index is 1.39. The van der Waals surface area contributed by atoms with Crippen LogP contribution in [-0.4, -0.2) is 176 Å². The second-order valence-electron chi connectivity index (χ2n) is 19.3. The summed E-state index contributed by atoms with van der Waals surface area (Å²) in [7, 11) is 0. The van der Waals surface area contributed by atoms with E-state index in [0.29, 0.717) is 24.8 Å². The number of thioether (sulfide) groups is 1. The van der Waals surface area contributed by atoms with Gasteiger partial charge in [-0.05, 0) is 68.4 Å². The second-order valence-corrected chi connectivity index (χ2v) is 20.4. The van der Waals surface area contributed by atoms with E-state index >= 15 is 4.39 Å². The number of nitrogens with two attached hydrogens (primary N) is 1. The fraction of sp³-hybridized carbons (Fsp3) is 0.756. The number of carbonyl (C=O) groups excluding carboxylic acids is 7. The molecule has 0 aromatic carbocycles. The van der Waals surface area contributed by atoms with Crippen LogP contribution in [0.2, 0.25) is 0 Å². The van der Waals surface area contributed by atoms with Crippen LogP contribution in [-0.2, 0) is 33.6 Å². The number of halogens is 1. The van der Waals surface area contributed by atoms with Crippen LogP contribution in [0.5, 0.6) is 0 Å². The Bertz CT molecular complexity index is 1810. The summed E-state index contributed by atoms with van der Waals surface area (Å²) >= 11 is 1.16. The molecule has 0 aliphatic heterocycles. The third kappa shape index (κ3) is 10.7. The van der Waals surface area contributed by atoms with Gasteiger partial charge in [0.15, 0.2) is 17.2 Å². The van der Waals surface area contributed by atoms with Crippen molar-refractivity contribution in [1.29, 1.82) is 0 Å². The summed E-state index contributed by atoms with van der Waals surface area (Å²) in [6.07, 6.45) is 3.91. The number of aliphatic hydroxyl groups excluding tert-OH is 3. The second kappa shape index (κ2) is 21.1. The summed E-state index contributed by atoms with van der Waals surface area (Å²) in [6, 6.07) is 0. The summed E-state index contributed by atoms with van der Waals surface area (Å²) in [6.45, 7) is 9.89. The first-order chi connectivity index (χ1) is 29.4. The van der Waals surface area contributed by atoms with Crippen molar-refractivity contribution in [3.05, 3.63) is 23.8 Å². The molecule has 3 saturated carbocycles. The number of fused-ring (bicyclic) bond motifs is 5. The van der Waals surface area contributed by atoms with Gasteiger partial charge in [-0.1, -0.05) is 53.2 Å². The van der Waals surface area contributed by atoms with Crippen LogP contribution in [0.4, 0.5) is 4.39 Å². The molecule has 0 spiro atoms. The lowest BCUT2D eigenvalue weighted by Gasteiger charge is -2.62. The number of primary amides is 1. The zero-order valence-electron chi connectivity index (χ0n) is 38.0. The molecule has 4 rings (SSSR count). The van der Waals surface area contributed by atoms with Gasteiger partial charge in [-0.3, -0.25) is 33.6 Å². The summed E-state index contributed by atoms with van der Waals surface area (Å²) in [5.41, 5.74) is -0.376. The lowest BCUT2D eigenvalue weighted by molar-refractivity contribution is -0.218. The Labute approximate surface area is 374 Å². The van der Waals surface area contributed by atoms with E-state index in [4.69, 9.17) is 5.73 Å². The Morgan fingerprint density at radius 1 is 0.857 bits per heavy atom. The molecule has 0 aromatic rings. The molecule has 3 fully saturated rings. The van der Waals surface area contributed by atoms with Crippen LogP contribution >= 0.6 is 11.8 Å². The number of alkyl halides is 1.